The number of aromatic nitrogens is 3. The largest absolute Gasteiger partial charge is 0.299 e. The van der Waals surface area contributed by atoms with Crippen LogP contribution in [0.1, 0.15) is 40.8 Å². The number of carbonyl (C=O) groups excluding carboxylic acids is 1. The zero-order chi connectivity index (χ0) is 18.6. The van der Waals surface area contributed by atoms with Gasteiger partial charge in [-0.25, -0.2) is 0 Å². The van der Waals surface area contributed by atoms with Crippen LogP contribution in [-0.4, -0.2) is 38.5 Å². The molecule has 0 aliphatic carbocycles. The second-order valence-corrected chi connectivity index (χ2v) is 8.16. The van der Waals surface area contributed by atoms with Crippen molar-refractivity contribution in [3.05, 3.63) is 64.4 Å². The van der Waals surface area contributed by atoms with E-state index in [2.05, 4.69) is 37.2 Å². The predicted octanol–water partition coefficient (Wildman–Crippen LogP) is 3.99. The Labute approximate surface area is 163 Å². The Morgan fingerprint density at radius 1 is 1.22 bits per heavy atom. The van der Waals surface area contributed by atoms with E-state index in [0.717, 1.165) is 42.4 Å². The van der Waals surface area contributed by atoms with Gasteiger partial charge >= 0.3 is 0 Å². The summed E-state index contributed by atoms with van der Waals surface area (Å²) in [5.41, 5.74) is 2.38. The number of benzene rings is 1. The summed E-state index contributed by atoms with van der Waals surface area (Å²) >= 11 is 1.55. The minimum absolute atomic E-state index is 0.160. The van der Waals surface area contributed by atoms with Gasteiger partial charge in [0.25, 0.3) is 0 Å². The first-order valence-corrected chi connectivity index (χ1v) is 10.3. The van der Waals surface area contributed by atoms with Crippen LogP contribution < -0.4 is 0 Å². The third kappa shape index (κ3) is 4.34. The fourth-order valence-electron chi connectivity index (χ4n) is 3.71. The number of para-hydroxylation sites is 1. The first kappa shape index (κ1) is 18.1. The minimum atomic E-state index is 0.160. The van der Waals surface area contributed by atoms with Gasteiger partial charge in [-0.1, -0.05) is 18.2 Å². The van der Waals surface area contributed by atoms with Crippen molar-refractivity contribution < 1.29 is 4.79 Å². The summed E-state index contributed by atoms with van der Waals surface area (Å²) in [7, 11) is 0. The lowest BCUT2D eigenvalue weighted by atomic mass is 9.93. The van der Waals surface area contributed by atoms with E-state index in [1.54, 1.807) is 18.3 Å². The lowest BCUT2D eigenvalue weighted by Crippen LogP contribution is -2.34. The molecule has 27 heavy (non-hydrogen) atoms. The molecule has 5 nitrogen and oxygen atoms in total. The van der Waals surface area contributed by atoms with Gasteiger partial charge in [-0.3, -0.25) is 14.3 Å². The highest BCUT2D eigenvalue weighted by atomic mass is 32.1. The molecule has 0 spiro atoms. The van der Waals surface area contributed by atoms with Crippen molar-refractivity contribution in [2.75, 3.05) is 13.1 Å². The number of hydrogen-bond donors (Lipinski definition) is 0. The van der Waals surface area contributed by atoms with E-state index in [1.807, 2.05) is 30.6 Å². The van der Waals surface area contributed by atoms with Crippen LogP contribution in [0.3, 0.4) is 0 Å². The van der Waals surface area contributed by atoms with Crippen LogP contribution in [0.25, 0.3) is 5.69 Å². The smallest absolute Gasteiger partial charge is 0.169 e. The molecule has 2 aromatic heterocycles. The highest BCUT2D eigenvalue weighted by molar-refractivity contribution is 7.12. The van der Waals surface area contributed by atoms with Crippen LogP contribution >= 0.6 is 11.3 Å². The Hall–Kier alpha value is -2.31. The van der Waals surface area contributed by atoms with E-state index in [1.165, 1.54) is 18.4 Å². The van der Waals surface area contributed by atoms with Crippen molar-refractivity contribution in [1.29, 1.82) is 0 Å². The highest BCUT2D eigenvalue weighted by Gasteiger charge is 2.22. The molecule has 140 valence electrons. The van der Waals surface area contributed by atoms with Crippen LogP contribution in [0.4, 0.5) is 0 Å². The molecule has 3 heterocycles. The van der Waals surface area contributed by atoms with Crippen molar-refractivity contribution in [3.8, 4) is 5.69 Å². The topological polar surface area (TPSA) is 51.0 Å². The molecule has 0 unspecified atom stereocenters. The Morgan fingerprint density at radius 3 is 2.70 bits per heavy atom. The number of hydrogen-bond acceptors (Lipinski definition) is 5. The fraction of sp³-hybridized carbons (Fsp3) is 0.381. The number of piperidine rings is 1. The van der Waals surface area contributed by atoms with Crippen molar-refractivity contribution in [2.45, 2.75) is 32.7 Å². The molecular weight excluding hydrogens is 356 g/mol. The maximum absolute atomic E-state index is 11.5. The van der Waals surface area contributed by atoms with E-state index in [9.17, 15) is 4.79 Å². The van der Waals surface area contributed by atoms with E-state index in [-0.39, 0.29) is 5.78 Å². The van der Waals surface area contributed by atoms with Gasteiger partial charge < -0.3 is 0 Å². The van der Waals surface area contributed by atoms with Crippen LogP contribution in [0, 0.1) is 5.92 Å². The maximum atomic E-state index is 11.5. The number of nitrogens with zero attached hydrogens (tertiary/aromatic N) is 4. The number of ketones is 1. The molecule has 0 N–H and O–H groups in total. The van der Waals surface area contributed by atoms with E-state index < -0.39 is 0 Å². The summed E-state index contributed by atoms with van der Waals surface area (Å²) in [4.78, 5) is 14.8. The molecule has 1 aliphatic heterocycles. The van der Waals surface area contributed by atoms with Gasteiger partial charge in [0.1, 0.15) is 12.2 Å². The van der Waals surface area contributed by atoms with Gasteiger partial charge in [0, 0.05) is 18.7 Å². The van der Waals surface area contributed by atoms with Gasteiger partial charge in [-0.05, 0) is 67.9 Å². The molecule has 1 aromatic carbocycles. The lowest BCUT2D eigenvalue weighted by Gasteiger charge is -2.31. The predicted molar refractivity (Wildman–Crippen MR) is 107 cm³/mol. The molecule has 1 fully saturated rings. The van der Waals surface area contributed by atoms with Crippen LogP contribution in [0.2, 0.25) is 0 Å². The zero-order valence-electron chi connectivity index (χ0n) is 15.5. The number of likely N-dealkylation sites (tertiary alicyclic amines) is 1. The number of carbonyl (C=O) groups is 1. The number of thiophene rings is 1. The lowest BCUT2D eigenvalue weighted by molar-refractivity contribution is 0.102. The Balaban J connectivity index is 1.32. The molecule has 1 aliphatic rings. The van der Waals surface area contributed by atoms with Crippen molar-refractivity contribution in [1.82, 2.24) is 19.7 Å². The molecule has 1 saturated heterocycles. The maximum Gasteiger partial charge on any atom is 0.169 e. The van der Waals surface area contributed by atoms with Crippen molar-refractivity contribution in [3.63, 3.8) is 0 Å². The van der Waals surface area contributed by atoms with Crippen LogP contribution in [-0.2, 0) is 13.0 Å². The molecule has 6 heteroatoms. The molecule has 3 aromatic rings. The second kappa shape index (κ2) is 8.15. The average molecular weight is 381 g/mol. The van der Waals surface area contributed by atoms with Gasteiger partial charge in [0.15, 0.2) is 5.78 Å². The summed E-state index contributed by atoms with van der Waals surface area (Å²) in [6.07, 6.45) is 5.12. The molecule has 0 saturated carbocycles. The first-order chi connectivity index (χ1) is 13.2. The monoisotopic (exact) mass is 380 g/mol. The summed E-state index contributed by atoms with van der Waals surface area (Å²) < 4.78 is 2.10. The summed E-state index contributed by atoms with van der Waals surface area (Å²) in [6, 6.07) is 12.3. The Bertz CT molecular complexity index is 894. The third-order valence-corrected chi connectivity index (χ3v) is 6.32. The van der Waals surface area contributed by atoms with Gasteiger partial charge in [0.2, 0.25) is 0 Å². The van der Waals surface area contributed by atoms with E-state index in [0.29, 0.717) is 5.92 Å². The van der Waals surface area contributed by atoms with E-state index >= 15 is 0 Å². The zero-order valence-corrected chi connectivity index (χ0v) is 16.4. The summed E-state index contributed by atoms with van der Waals surface area (Å²) in [5.74, 6) is 1.85. The molecule has 0 amide bonds. The van der Waals surface area contributed by atoms with Crippen molar-refractivity contribution in [2.24, 2.45) is 5.92 Å². The number of Topliss-reactive ketones (excluding diaryl/α,β-unsaturated/α-hetero) is 1. The molecule has 0 radical (unpaired) electrons. The molecule has 4 rings (SSSR count). The minimum Gasteiger partial charge on any atom is -0.299 e. The summed E-state index contributed by atoms with van der Waals surface area (Å²) in [6.45, 7) is 4.76. The van der Waals surface area contributed by atoms with Gasteiger partial charge in [-0.15, -0.1) is 21.5 Å². The van der Waals surface area contributed by atoms with Crippen molar-refractivity contribution >= 4 is 17.1 Å². The normalized spacial score (nSPS) is 15.9. The average Bonchev–Trinajstić information content (AvgIpc) is 3.34. The second-order valence-electron chi connectivity index (χ2n) is 7.25. The van der Waals surface area contributed by atoms with Crippen LogP contribution in [0.15, 0.2) is 48.1 Å². The quantitative estimate of drug-likeness (QED) is 0.607. The third-order valence-electron chi connectivity index (χ3n) is 5.24. The first-order valence-electron chi connectivity index (χ1n) is 9.44. The number of rotatable bonds is 6. The standard InChI is InChI=1S/C21H24N4OS/c1-16(26)20-11-18(14-27-20)13-24-9-7-17(8-10-24)12-21-23-22-15-25(21)19-5-3-2-4-6-19/h2-6,11,14-15,17H,7-10,12-13H2,1H3. The van der Waals surface area contributed by atoms with Gasteiger partial charge in [-0.2, -0.15) is 0 Å². The highest BCUT2D eigenvalue weighted by Crippen LogP contribution is 2.24. The van der Waals surface area contributed by atoms with Crippen LogP contribution in [0.5, 0.6) is 0 Å². The van der Waals surface area contributed by atoms with E-state index in [4.69, 9.17) is 0 Å². The molecule has 0 bridgehead atoms. The Kier molecular flexibility index (Phi) is 5.45. The molecule has 0 atom stereocenters. The molecular formula is C21H24N4OS. The Morgan fingerprint density at radius 2 is 2.00 bits per heavy atom. The van der Waals surface area contributed by atoms with Gasteiger partial charge in [0.05, 0.1) is 4.88 Å². The summed E-state index contributed by atoms with van der Waals surface area (Å²) in [5, 5.41) is 10.6. The SMILES string of the molecule is CC(=O)c1cc(CN2CCC(Cc3nncn3-c3ccccc3)CC2)cs1. The fourth-order valence-corrected chi connectivity index (χ4v) is 4.52.